The minimum absolute atomic E-state index is 0.0216. The Labute approximate surface area is 133 Å². The second-order valence-electron chi connectivity index (χ2n) is 4.96. The van der Waals surface area contributed by atoms with Gasteiger partial charge in [0, 0.05) is 17.1 Å². The number of nitrogens with one attached hydrogen (secondary N) is 1. The van der Waals surface area contributed by atoms with Crippen LogP contribution in [-0.4, -0.2) is 12.5 Å². The van der Waals surface area contributed by atoms with Crippen LogP contribution in [0.4, 0.5) is 0 Å². The minimum atomic E-state index is -0.0441. The molecule has 1 unspecified atom stereocenters. The van der Waals surface area contributed by atoms with Crippen molar-refractivity contribution >= 4 is 21.8 Å². The number of carbonyl (C=O) groups is 1. The van der Waals surface area contributed by atoms with Gasteiger partial charge < -0.3 is 11.1 Å². The average Bonchev–Trinajstić information content (AvgIpc) is 2.48. The maximum Gasteiger partial charge on any atom is 0.224 e. The third-order valence-corrected chi connectivity index (χ3v) is 3.75. The normalized spacial score (nSPS) is 11.9. The highest BCUT2D eigenvalue weighted by molar-refractivity contribution is 9.10. The number of halogens is 1. The van der Waals surface area contributed by atoms with Crippen molar-refractivity contribution in [2.75, 3.05) is 6.54 Å². The van der Waals surface area contributed by atoms with Crippen LogP contribution in [0.25, 0.3) is 0 Å². The molecule has 110 valence electrons. The summed E-state index contributed by atoms with van der Waals surface area (Å²) in [6, 6.07) is 17.7. The van der Waals surface area contributed by atoms with Crippen molar-refractivity contribution in [2.24, 2.45) is 5.73 Å². The molecule has 0 heterocycles. The van der Waals surface area contributed by atoms with Gasteiger partial charge in [-0.05, 0) is 29.7 Å². The molecule has 3 N–H and O–H groups in total. The lowest BCUT2D eigenvalue weighted by Crippen LogP contribution is -2.28. The van der Waals surface area contributed by atoms with Crippen molar-refractivity contribution < 1.29 is 4.79 Å². The zero-order valence-electron chi connectivity index (χ0n) is 11.8. The van der Waals surface area contributed by atoms with Crippen LogP contribution in [0, 0.1) is 0 Å². The maximum absolute atomic E-state index is 11.9. The van der Waals surface area contributed by atoms with Crippen LogP contribution < -0.4 is 11.1 Å². The number of hydrogen-bond acceptors (Lipinski definition) is 2. The molecule has 0 saturated heterocycles. The molecular weight excluding hydrogens is 328 g/mol. The molecule has 0 aromatic heterocycles. The minimum Gasteiger partial charge on any atom is -0.356 e. The molecule has 0 aliphatic heterocycles. The lowest BCUT2D eigenvalue weighted by molar-refractivity contribution is -0.120. The molecule has 2 aromatic rings. The second kappa shape index (κ2) is 7.96. The van der Waals surface area contributed by atoms with E-state index in [0.29, 0.717) is 13.0 Å². The number of rotatable bonds is 6. The summed E-state index contributed by atoms with van der Waals surface area (Å²) < 4.78 is 0.985. The second-order valence-corrected chi connectivity index (χ2v) is 5.88. The summed E-state index contributed by atoms with van der Waals surface area (Å²) in [5.74, 6) is 0.0216. The molecule has 0 aliphatic rings. The summed E-state index contributed by atoms with van der Waals surface area (Å²) in [7, 11) is 0. The van der Waals surface area contributed by atoms with E-state index in [0.717, 1.165) is 22.0 Å². The van der Waals surface area contributed by atoms with Gasteiger partial charge in [0.2, 0.25) is 5.91 Å². The Balaban J connectivity index is 1.74. The van der Waals surface area contributed by atoms with Crippen LogP contribution in [0.5, 0.6) is 0 Å². The smallest absolute Gasteiger partial charge is 0.224 e. The van der Waals surface area contributed by atoms with E-state index >= 15 is 0 Å². The van der Waals surface area contributed by atoms with E-state index in [1.807, 2.05) is 54.6 Å². The fourth-order valence-corrected chi connectivity index (χ4v) is 2.58. The molecule has 1 amide bonds. The van der Waals surface area contributed by atoms with Gasteiger partial charge in [-0.15, -0.1) is 0 Å². The molecule has 0 radical (unpaired) electrons. The number of amides is 1. The predicted molar refractivity (Wildman–Crippen MR) is 88.8 cm³/mol. The molecule has 0 fully saturated rings. The number of benzene rings is 2. The molecule has 0 spiro atoms. The Hall–Kier alpha value is -1.65. The molecule has 4 heteroatoms. The monoisotopic (exact) mass is 346 g/mol. The molecule has 0 saturated carbocycles. The van der Waals surface area contributed by atoms with Gasteiger partial charge in [0.25, 0.3) is 0 Å². The Morgan fingerprint density at radius 3 is 2.62 bits per heavy atom. The van der Waals surface area contributed by atoms with Gasteiger partial charge in [-0.1, -0.05) is 58.4 Å². The third-order valence-electron chi connectivity index (χ3n) is 3.26. The van der Waals surface area contributed by atoms with Crippen LogP contribution in [-0.2, 0) is 11.2 Å². The highest BCUT2D eigenvalue weighted by Gasteiger charge is 2.07. The first-order valence-corrected chi connectivity index (χ1v) is 7.76. The topological polar surface area (TPSA) is 55.1 Å². The van der Waals surface area contributed by atoms with Crippen LogP contribution >= 0.6 is 15.9 Å². The molecule has 0 bridgehead atoms. The van der Waals surface area contributed by atoms with Crippen molar-refractivity contribution in [1.82, 2.24) is 5.32 Å². The van der Waals surface area contributed by atoms with Crippen LogP contribution in [0.2, 0.25) is 0 Å². The van der Waals surface area contributed by atoms with Gasteiger partial charge in [0.1, 0.15) is 0 Å². The van der Waals surface area contributed by atoms with E-state index in [2.05, 4.69) is 21.2 Å². The average molecular weight is 347 g/mol. The van der Waals surface area contributed by atoms with Crippen LogP contribution in [0.3, 0.4) is 0 Å². The quantitative estimate of drug-likeness (QED) is 0.843. The number of nitrogens with two attached hydrogens (primary N) is 1. The molecule has 2 aromatic carbocycles. The number of carbonyl (C=O) groups excluding carboxylic acids is 1. The first-order valence-electron chi connectivity index (χ1n) is 6.97. The number of hydrogen-bond donors (Lipinski definition) is 2. The largest absolute Gasteiger partial charge is 0.356 e. The van der Waals surface area contributed by atoms with E-state index in [1.165, 1.54) is 0 Å². The third kappa shape index (κ3) is 5.33. The molecular formula is C17H19BrN2O. The van der Waals surface area contributed by atoms with E-state index in [9.17, 15) is 4.79 Å². The van der Waals surface area contributed by atoms with E-state index in [4.69, 9.17) is 5.73 Å². The Morgan fingerprint density at radius 2 is 1.90 bits per heavy atom. The summed E-state index contributed by atoms with van der Waals surface area (Å²) in [6.45, 7) is 0.586. The van der Waals surface area contributed by atoms with Gasteiger partial charge >= 0.3 is 0 Å². The first kappa shape index (κ1) is 15.7. The molecule has 0 aliphatic carbocycles. The summed E-state index contributed by atoms with van der Waals surface area (Å²) in [5, 5.41) is 2.92. The van der Waals surface area contributed by atoms with Crippen LogP contribution in [0.1, 0.15) is 23.6 Å². The fourth-order valence-electron chi connectivity index (χ4n) is 2.13. The summed E-state index contributed by atoms with van der Waals surface area (Å²) in [6.07, 6.45) is 1.12. The van der Waals surface area contributed by atoms with Gasteiger partial charge in [-0.25, -0.2) is 0 Å². The first-order chi connectivity index (χ1) is 10.1. The fraction of sp³-hybridized carbons (Fsp3) is 0.235. The van der Waals surface area contributed by atoms with Gasteiger partial charge in [0.05, 0.1) is 6.42 Å². The summed E-state index contributed by atoms with van der Waals surface area (Å²) >= 11 is 3.40. The Bertz CT molecular complexity index is 586. The zero-order chi connectivity index (χ0) is 15.1. The lowest BCUT2D eigenvalue weighted by Gasteiger charge is -2.12. The van der Waals surface area contributed by atoms with Crippen molar-refractivity contribution in [3.63, 3.8) is 0 Å². The highest BCUT2D eigenvalue weighted by Crippen LogP contribution is 2.13. The van der Waals surface area contributed by atoms with E-state index in [-0.39, 0.29) is 11.9 Å². The van der Waals surface area contributed by atoms with Crippen LogP contribution in [0.15, 0.2) is 59.1 Å². The highest BCUT2D eigenvalue weighted by atomic mass is 79.9. The lowest BCUT2D eigenvalue weighted by atomic mass is 10.0. The van der Waals surface area contributed by atoms with Crippen molar-refractivity contribution in [1.29, 1.82) is 0 Å². The van der Waals surface area contributed by atoms with Gasteiger partial charge in [-0.2, -0.15) is 0 Å². The summed E-state index contributed by atoms with van der Waals surface area (Å²) in [4.78, 5) is 11.9. The Kier molecular flexibility index (Phi) is 5.96. The van der Waals surface area contributed by atoms with Crippen molar-refractivity contribution in [3.8, 4) is 0 Å². The van der Waals surface area contributed by atoms with E-state index < -0.39 is 0 Å². The standard InChI is InChI=1S/C17H19BrN2O/c18-15-8-4-5-13(11-15)12-17(21)20-10-9-16(19)14-6-2-1-3-7-14/h1-8,11,16H,9-10,12,19H2,(H,20,21). The van der Waals surface area contributed by atoms with Gasteiger partial charge in [-0.3, -0.25) is 4.79 Å². The van der Waals surface area contributed by atoms with Crippen molar-refractivity contribution in [2.45, 2.75) is 18.9 Å². The Morgan fingerprint density at radius 1 is 1.14 bits per heavy atom. The molecule has 21 heavy (non-hydrogen) atoms. The zero-order valence-corrected chi connectivity index (χ0v) is 13.3. The molecule has 3 nitrogen and oxygen atoms in total. The summed E-state index contributed by atoms with van der Waals surface area (Å²) in [5.41, 5.74) is 8.19. The van der Waals surface area contributed by atoms with Crippen molar-refractivity contribution in [3.05, 3.63) is 70.2 Å². The van der Waals surface area contributed by atoms with E-state index in [1.54, 1.807) is 0 Å². The van der Waals surface area contributed by atoms with Gasteiger partial charge in [0.15, 0.2) is 0 Å². The molecule has 2 rings (SSSR count). The maximum atomic E-state index is 11.9. The SMILES string of the molecule is NC(CCNC(=O)Cc1cccc(Br)c1)c1ccccc1. The predicted octanol–water partition coefficient (Wildman–Crippen LogP) is 3.20. The molecule has 1 atom stereocenters.